The first-order valence-electron chi connectivity index (χ1n) is 9.25. The van der Waals surface area contributed by atoms with Gasteiger partial charge in [0.1, 0.15) is 11.5 Å². The van der Waals surface area contributed by atoms with Crippen LogP contribution in [0.2, 0.25) is 0 Å². The fraction of sp³-hybridized carbons (Fsp3) is 0.174. The van der Waals surface area contributed by atoms with E-state index in [0.29, 0.717) is 23.0 Å². The molecular weight excluding hydrogens is 416 g/mol. The Morgan fingerprint density at radius 1 is 1.10 bits per heavy atom. The number of benzene rings is 1. The van der Waals surface area contributed by atoms with Gasteiger partial charge in [-0.15, -0.1) is 0 Å². The zero-order valence-corrected chi connectivity index (χ0v) is 18.8. The van der Waals surface area contributed by atoms with Crippen molar-refractivity contribution in [2.45, 2.75) is 18.7 Å². The first-order chi connectivity index (χ1) is 14.7. The quantitative estimate of drug-likeness (QED) is 0.436. The number of hydrogen-bond acceptors (Lipinski definition) is 6. The standard InChI is InChI=1S/C23H26N2O5S/c1-16(19(4)30-21-11-8-14-24-18(21)3)9-7-10-17(2)25-31(26,27)20-12-13-22(28-5)23(15-20)29-6/h7-15,25H,2,4H2,1,3,5-6H3/b10-7-,16-9+. The van der Waals surface area contributed by atoms with E-state index in [4.69, 9.17) is 14.2 Å². The minimum Gasteiger partial charge on any atom is -0.493 e. The molecule has 0 aliphatic heterocycles. The molecule has 2 aromatic rings. The highest BCUT2D eigenvalue weighted by atomic mass is 32.2. The van der Waals surface area contributed by atoms with Crippen molar-refractivity contribution < 1.29 is 22.6 Å². The van der Waals surface area contributed by atoms with Gasteiger partial charge in [-0.2, -0.15) is 0 Å². The normalized spacial score (nSPS) is 11.8. The van der Waals surface area contributed by atoms with Gasteiger partial charge < -0.3 is 14.2 Å². The Balaban J connectivity index is 2.04. The predicted molar refractivity (Wildman–Crippen MR) is 121 cm³/mol. The lowest BCUT2D eigenvalue weighted by atomic mass is 10.2. The van der Waals surface area contributed by atoms with Crippen molar-refractivity contribution >= 4 is 10.0 Å². The van der Waals surface area contributed by atoms with Crippen LogP contribution in [0.1, 0.15) is 12.6 Å². The second kappa shape index (κ2) is 10.5. The van der Waals surface area contributed by atoms with E-state index in [0.717, 1.165) is 11.3 Å². The molecule has 0 aliphatic carbocycles. The molecule has 0 radical (unpaired) electrons. The van der Waals surface area contributed by atoms with E-state index in [2.05, 4.69) is 22.9 Å². The lowest BCUT2D eigenvalue weighted by molar-refractivity contribution is 0.354. The van der Waals surface area contributed by atoms with E-state index in [1.165, 1.54) is 38.5 Å². The summed E-state index contributed by atoms with van der Waals surface area (Å²) >= 11 is 0. The van der Waals surface area contributed by atoms with E-state index in [1.54, 1.807) is 30.5 Å². The Hall–Kier alpha value is -3.52. The molecule has 0 atom stereocenters. The molecular formula is C23H26N2O5S. The van der Waals surface area contributed by atoms with E-state index in [-0.39, 0.29) is 10.6 Å². The Bertz CT molecular complexity index is 1130. The number of nitrogens with one attached hydrogen (secondary N) is 1. The molecule has 0 bridgehead atoms. The number of rotatable bonds is 10. The van der Waals surface area contributed by atoms with Gasteiger partial charge in [0.15, 0.2) is 11.5 Å². The number of allylic oxidation sites excluding steroid dienone is 4. The lowest BCUT2D eigenvalue weighted by Crippen LogP contribution is -2.21. The number of sulfonamides is 1. The molecule has 8 heteroatoms. The largest absolute Gasteiger partial charge is 0.493 e. The Labute approximate surface area is 183 Å². The van der Waals surface area contributed by atoms with Crippen molar-refractivity contribution in [1.82, 2.24) is 9.71 Å². The average molecular weight is 443 g/mol. The fourth-order valence-electron chi connectivity index (χ4n) is 2.44. The molecule has 0 saturated carbocycles. The lowest BCUT2D eigenvalue weighted by Gasteiger charge is -2.11. The second-order valence-corrected chi connectivity index (χ2v) is 8.15. The summed E-state index contributed by atoms with van der Waals surface area (Å²) in [5.41, 5.74) is 1.70. The molecule has 0 amide bonds. The summed E-state index contributed by atoms with van der Waals surface area (Å²) in [6, 6.07) is 7.91. The molecule has 0 saturated heterocycles. The fourth-order valence-corrected chi connectivity index (χ4v) is 3.48. The monoisotopic (exact) mass is 442 g/mol. The maximum absolute atomic E-state index is 12.6. The molecule has 2 rings (SSSR count). The average Bonchev–Trinajstić information content (AvgIpc) is 2.74. The van der Waals surface area contributed by atoms with E-state index < -0.39 is 10.0 Å². The molecule has 1 aromatic heterocycles. The first-order valence-corrected chi connectivity index (χ1v) is 10.7. The summed E-state index contributed by atoms with van der Waals surface area (Å²) < 4.78 is 43.6. The SMILES string of the molecule is C=C(/C=C\C=C(/C)C(=C)Oc1cccnc1C)NS(=O)(=O)c1ccc(OC)c(OC)c1. The summed E-state index contributed by atoms with van der Waals surface area (Å²) in [5.74, 6) is 1.82. The van der Waals surface area contributed by atoms with E-state index in [1.807, 2.05) is 13.8 Å². The van der Waals surface area contributed by atoms with Crippen LogP contribution in [0, 0.1) is 6.92 Å². The third-order valence-electron chi connectivity index (χ3n) is 4.21. The number of pyridine rings is 1. The summed E-state index contributed by atoms with van der Waals surface area (Å²) in [5, 5.41) is 0. The van der Waals surface area contributed by atoms with Crippen LogP contribution in [-0.2, 0) is 10.0 Å². The van der Waals surface area contributed by atoms with Crippen molar-refractivity contribution in [3.05, 3.63) is 90.6 Å². The molecule has 0 aliphatic rings. The van der Waals surface area contributed by atoms with Gasteiger partial charge in [0.25, 0.3) is 10.0 Å². The maximum atomic E-state index is 12.6. The highest BCUT2D eigenvalue weighted by Crippen LogP contribution is 2.29. The summed E-state index contributed by atoms with van der Waals surface area (Å²) in [6.07, 6.45) is 6.61. The molecule has 0 spiro atoms. The number of ether oxygens (including phenoxy) is 3. The minimum atomic E-state index is -3.84. The van der Waals surface area contributed by atoms with Crippen LogP contribution >= 0.6 is 0 Å². The zero-order chi connectivity index (χ0) is 23.0. The van der Waals surface area contributed by atoms with E-state index in [9.17, 15) is 8.42 Å². The van der Waals surface area contributed by atoms with Gasteiger partial charge >= 0.3 is 0 Å². The van der Waals surface area contributed by atoms with Gasteiger partial charge in [0, 0.05) is 18.0 Å². The smallest absolute Gasteiger partial charge is 0.262 e. The Morgan fingerprint density at radius 3 is 2.45 bits per heavy atom. The van der Waals surface area contributed by atoms with Gasteiger partial charge in [0.05, 0.1) is 24.8 Å². The van der Waals surface area contributed by atoms with E-state index >= 15 is 0 Å². The second-order valence-electron chi connectivity index (χ2n) is 6.47. The number of hydrogen-bond donors (Lipinski definition) is 1. The van der Waals surface area contributed by atoms with Crippen molar-refractivity contribution in [2.75, 3.05) is 14.2 Å². The highest BCUT2D eigenvalue weighted by molar-refractivity contribution is 7.89. The number of aromatic nitrogens is 1. The third-order valence-corrected chi connectivity index (χ3v) is 5.61. The third kappa shape index (κ3) is 6.48. The van der Waals surface area contributed by atoms with Crippen LogP contribution in [0.3, 0.4) is 0 Å². The van der Waals surface area contributed by atoms with Crippen molar-refractivity contribution in [3.8, 4) is 17.2 Å². The zero-order valence-electron chi connectivity index (χ0n) is 18.0. The van der Waals surface area contributed by atoms with Crippen LogP contribution < -0.4 is 18.9 Å². The van der Waals surface area contributed by atoms with Crippen molar-refractivity contribution in [3.63, 3.8) is 0 Å². The topological polar surface area (TPSA) is 86.8 Å². The molecule has 1 N–H and O–H groups in total. The predicted octanol–water partition coefficient (Wildman–Crippen LogP) is 4.29. The molecule has 164 valence electrons. The molecule has 0 unspecified atom stereocenters. The van der Waals surface area contributed by atoms with Gasteiger partial charge in [-0.25, -0.2) is 8.42 Å². The minimum absolute atomic E-state index is 0.0278. The molecule has 1 heterocycles. The van der Waals surface area contributed by atoms with Gasteiger partial charge in [-0.1, -0.05) is 25.3 Å². The molecule has 7 nitrogen and oxygen atoms in total. The van der Waals surface area contributed by atoms with Crippen LogP contribution in [0.4, 0.5) is 0 Å². The summed E-state index contributed by atoms with van der Waals surface area (Å²) in [7, 11) is -0.924. The first kappa shape index (κ1) is 23.8. The van der Waals surface area contributed by atoms with Crippen LogP contribution in [0.5, 0.6) is 17.2 Å². The maximum Gasteiger partial charge on any atom is 0.262 e. The Kier molecular flexibility index (Phi) is 8.04. The van der Waals surface area contributed by atoms with Crippen molar-refractivity contribution in [2.24, 2.45) is 0 Å². The van der Waals surface area contributed by atoms with Crippen molar-refractivity contribution in [1.29, 1.82) is 0 Å². The van der Waals surface area contributed by atoms with Gasteiger partial charge in [-0.3, -0.25) is 9.71 Å². The number of nitrogens with zero attached hydrogens (tertiary/aromatic N) is 1. The molecule has 31 heavy (non-hydrogen) atoms. The highest BCUT2D eigenvalue weighted by Gasteiger charge is 2.17. The van der Waals surface area contributed by atoms with Gasteiger partial charge in [-0.05, 0) is 49.8 Å². The molecule has 1 aromatic carbocycles. The summed E-state index contributed by atoms with van der Waals surface area (Å²) in [4.78, 5) is 4.19. The number of methoxy groups -OCH3 is 2. The van der Waals surface area contributed by atoms with Crippen LogP contribution in [0.15, 0.2) is 89.8 Å². The van der Waals surface area contributed by atoms with Gasteiger partial charge in [0.2, 0.25) is 0 Å². The van der Waals surface area contributed by atoms with Crippen LogP contribution in [0.25, 0.3) is 0 Å². The van der Waals surface area contributed by atoms with Crippen LogP contribution in [-0.4, -0.2) is 27.6 Å². The Morgan fingerprint density at radius 2 is 1.81 bits per heavy atom. The molecule has 0 fully saturated rings. The number of aryl methyl sites for hydroxylation is 1. The summed E-state index contributed by atoms with van der Waals surface area (Å²) in [6.45, 7) is 11.3.